The number of carbonyl (C=O) groups is 1. The Morgan fingerprint density at radius 3 is 2.73 bits per heavy atom. The van der Waals surface area contributed by atoms with Crippen LogP contribution in [-0.4, -0.2) is 5.97 Å². The van der Waals surface area contributed by atoms with Crippen LogP contribution in [0.2, 0.25) is 0 Å². The summed E-state index contributed by atoms with van der Waals surface area (Å²) in [5.41, 5.74) is 6.46. The zero-order valence-electron chi connectivity index (χ0n) is 8.36. The van der Waals surface area contributed by atoms with Crippen molar-refractivity contribution in [1.29, 1.82) is 0 Å². The van der Waals surface area contributed by atoms with Crippen molar-refractivity contribution in [2.75, 3.05) is 5.73 Å². The summed E-state index contributed by atoms with van der Waals surface area (Å²) in [5, 5.41) is 1.93. The van der Waals surface area contributed by atoms with Gasteiger partial charge in [-0.1, -0.05) is 24.3 Å². The molecule has 0 aliphatic heterocycles. The lowest BCUT2D eigenvalue weighted by Gasteiger charge is -2.06. The molecule has 0 amide bonds. The van der Waals surface area contributed by atoms with Gasteiger partial charge in [0.1, 0.15) is 5.75 Å². The van der Waals surface area contributed by atoms with Crippen LogP contribution in [-0.2, 0) is 4.79 Å². The third-order valence-corrected chi connectivity index (χ3v) is 2.13. The molecule has 0 unspecified atom stereocenters. The van der Waals surface area contributed by atoms with E-state index in [0.717, 1.165) is 10.8 Å². The maximum absolute atomic E-state index is 10.8. The van der Waals surface area contributed by atoms with Crippen molar-refractivity contribution in [2.45, 2.75) is 6.92 Å². The summed E-state index contributed by atoms with van der Waals surface area (Å²) in [6, 6.07) is 11.2. The first kappa shape index (κ1) is 9.52. The van der Waals surface area contributed by atoms with Crippen LogP contribution in [0.4, 0.5) is 5.69 Å². The first-order valence-corrected chi connectivity index (χ1v) is 4.63. The Hall–Kier alpha value is -2.03. The third-order valence-electron chi connectivity index (χ3n) is 2.13. The lowest BCUT2D eigenvalue weighted by molar-refractivity contribution is -0.131. The minimum atomic E-state index is -0.343. The van der Waals surface area contributed by atoms with E-state index in [1.165, 1.54) is 6.92 Å². The molecule has 0 aromatic heterocycles. The van der Waals surface area contributed by atoms with Gasteiger partial charge in [0.05, 0.1) is 0 Å². The van der Waals surface area contributed by atoms with E-state index < -0.39 is 0 Å². The molecule has 0 bridgehead atoms. The summed E-state index contributed by atoms with van der Waals surface area (Å²) < 4.78 is 4.98. The molecule has 15 heavy (non-hydrogen) atoms. The number of benzene rings is 2. The summed E-state index contributed by atoms with van der Waals surface area (Å²) in [6.07, 6.45) is 0. The van der Waals surface area contributed by atoms with Gasteiger partial charge in [0, 0.05) is 24.1 Å². The minimum Gasteiger partial charge on any atom is -0.427 e. The summed E-state index contributed by atoms with van der Waals surface area (Å²) in [7, 11) is 0. The molecule has 3 nitrogen and oxygen atoms in total. The zero-order valence-corrected chi connectivity index (χ0v) is 8.36. The van der Waals surface area contributed by atoms with Crippen LogP contribution < -0.4 is 10.5 Å². The molecule has 0 heterocycles. The van der Waals surface area contributed by atoms with Gasteiger partial charge in [-0.25, -0.2) is 0 Å². The Bertz CT molecular complexity index is 520. The van der Waals surface area contributed by atoms with Crippen molar-refractivity contribution in [1.82, 2.24) is 0 Å². The molecule has 76 valence electrons. The molecule has 2 aromatic carbocycles. The largest absolute Gasteiger partial charge is 0.427 e. The number of carbonyl (C=O) groups excluding carboxylic acids is 1. The van der Waals surface area contributed by atoms with Gasteiger partial charge in [0.2, 0.25) is 0 Å². The SMILES string of the molecule is CC(=O)Oc1cc(N)c2ccccc2c1. The van der Waals surface area contributed by atoms with Gasteiger partial charge in [-0.05, 0) is 11.5 Å². The van der Waals surface area contributed by atoms with Crippen LogP contribution in [0, 0.1) is 0 Å². The Labute approximate surface area is 87.5 Å². The topological polar surface area (TPSA) is 52.3 Å². The Kier molecular flexibility index (Phi) is 2.29. The van der Waals surface area contributed by atoms with Crippen molar-refractivity contribution < 1.29 is 9.53 Å². The average molecular weight is 201 g/mol. The second-order valence-corrected chi connectivity index (χ2v) is 3.33. The molecular weight excluding hydrogens is 190 g/mol. The lowest BCUT2D eigenvalue weighted by Crippen LogP contribution is -2.01. The molecule has 0 spiro atoms. The van der Waals surface area contributed by atoms with Crippen LogP contribution >= 0.6 is 0 Å². The molecule has 0 saturated heterocycles. The van der Waals surface area contributed by atoms with Crippen LogP contribution in [0.1, 0.15) is 6.92 Å². The van der Waals surface area contributed by atoms with Gasteiger partial charge >= 0.3 is 5.97 Å². The lowest BCUT2D eigenvalue weighted by atomic mass is 10.1. The van der Waals surface area contributed by atoms with Crippen molar-refractivity contribution >= 4 is 22.4 Å². The average Bonchev–Trinajstić information content (AvgIpc) is 2.16. The second-order valence-electron chi connectivity index (χ2n) is 3.33. The second kappa shape index (κ2) is 3.61. The van der Waals surface area contributed by atoms with Gasteiger partial charge in [-0.2, -0.15) is 0 Å². The van der Waals surface area contributed by atoms with Crippen LogP contribution in [0.15, 0.2) is 36.4 Å². The van der Waals surface area contributed by atoms with E-state index in [1.807, 2.05) is 24.3 Å². The molecule has 0 fully saturated rings. The number of nitrogen functional groups attached to an aromatic ring is 1. The highest BCUT2D eigenvalue weighted by molar-refractivity contribution is 5.94. The molecule has 0 saturated carbocycles. The van der Waals surface area contributed by atoms with E-state index in [1.54, 1.807) is 12.1 Å². The number of ether oxygens (including phenoxy) is 1. The quantitative estimate of drug-likeness (QED) is 0.437. The molecule has 2 N–H and O–H groups in total. The van der Waals surface area contributed by atoms with Crippen molar-refractivity contribution in [2.24, 2.45) is 0 Å². The number of anilines is 1. The van der Waals surface area contributed by atoms with Gasteiger partial charge in [-0.3, -0.25) is 4.79 Å². The zero-order chi connectivity index (χ0) is 10.8. The minimum absolute atomic E-state index is 0.343. The number of esters is 1. The molecule has 2 rings (SSSR count). The summed E-state index contributed by atoms with van der Waals surface area (Å²) in [5.74, 6) is 0.142. The maximum Gasteiger partial charge on any atom is 0.308 e. The molecule has 2 aromatic rings. The molecule has 0 aliphatic carbocycles. The fourth-order valence-electron chi connectivity index (χ4n) is 1.54. The molecular formula is C12H11NO2. The van der Waals surface area contributed by atoms with Gasteiger partial charge in [-0.15, -0.1) is 0 Å². The standard InChI is InChI=1S/C12H11NO2/c1-8(14)15-10-6-9-4-2-3-5-11(9)12(13)7-10/h2-7H,13H2,1H3. The van der Waals surface area contributed by atoms with E-state index >= 15 is 0 Å². The summed E-state index contributed by atoms with van der Waals surface area (Å²) in [4.78, 5) is 10.8. The number of nitrogens with two attached hydrogens (primary N) is 1. The van der Waals surface area contributed by atoms with E-state index in [0.29, 0.717) is 11.4 Å². The highest BCUT2D eigenvalue weighted by Crippen LogP contribution is 2.26. The molecule has 0 aliphatic rings. The van der Waals surface area contributed by atoms with E-state index in [9.17, 15) is 4.79 Å². The van der Waals surface area contributed by atoms with Crippen molar-refractivity contribution in [3.05, 3.63) is 36.4 Å². The predicted octanol–water partition coefficient (Wildman–Crippen LogP) is 2.35. The smallest absolute Gasteiger partial charge is 0.308 e. The van der Waals surface area contributed by atoms with Crippen LogP contribution in [0.5, 0.6) is 5.75 Å². The monoisotopic (exact) mass is 201 g/mol. The number of hydrogen-bond acceptors (Lipinski definition) is 3. The number of rotatable bonds is 1. The third kappa shape index (κ3) is 1.91. The number of hydrogen-bond donors (Lipinski definition) is 1. The van der Waals surface area contributed by atoms with Gasteiger partial charge in [0.15, 0.2) is 0 Å². The van der Waals surface area contributed by atoms with Crippen LogP contribution in [0.25, 0.3) is 10.8 Å². The summed E-state index contributed by atoms with van der Waals surface area (Å²) in [6.45, 7) is 1.37. The van der Waals surface area contributed by atoms with Crippen molar-refractivity contribution in [3.63, 3.8) is 0 Å². The van der Waals surface area contributed by atoms with E-state index in [4.69, 9.17) is 10.5 Å². The Morgan fingerprint density at radius 1 is 1.27 bits per heavy atom. The van der Waals surface area contributed by atoms with Crippen molar-refractivity contribution in [3.8, 4) is 5.75 Å². The summed E-state index contributed by atoms with van der Waals surface area (Å²) >= 11 is 0. The molecule has 3 heteroatoms. The van der Waals surface area contributed by atoms with E-state index in [-0.39, 0.29) is 5.97 Å². The molecule has 0 atom stereocenters. The van der Waals surface area contributed by atoms with Crippen LogP contribution in [0.3, 0.4) is 0 Å². The highest BCUT2D eigenvalue weighted by atomic mass is 16.5. The fraction of sp³-hybridized carbons (Fsp3) is 0.0833. The first-order chi connectivity index (χ1) is 7.16. The fourth-order valence-corrected chi connectivity index (χ4v) is 1.54. The normalized spacial score (nSPS) is 10.2. The molecule has 0 radical (unpaired) electrons. The van der Waals surface area contributed by atoms with Gasteiger partial charge in [0.25, 0.3) is 0 Å². The number of fused-ring (bicyclic) bond motifs is 1. The first-order valence-electron chi connectivity index (χ1n) is 4.63. The predicted molar refractivity (Wildman–Crippen MR) is 59.7 cm³/mol. The van der Waals surface area contributed by atoms with E-state index in [2.05, 4.69) is 0 Å². The Morgan fingerprint density at radius 2 is 2.00 bits per heavy atom. The van der Waals surface area contributed by atoms with Gasteiger partial charge < -0.3 is 10.5 Å². The highest BCUT2D eigenvalue weighted by Gasteiger charge is 2.03. The maximum atomic E-state index is 10.8. The Balaban J connectivity index is 2.57.